The lowest BCUT2D eigenvalue weighted by Gasteiger charge is -2.42. The fraction of sp³-hybridized carbons (Fsp3) is 0.511. The lowest BCUT2D eigenvalue weighted by atomic mass is 9.88. The van der Waals surface area contributed by atoms with Gasteiger partial charge in [0.05, 0.1) is 20.7 Å². The van der Waals surface area contributed by atoms with Gasteiger partial charge >= 0.3 is 5.82 Å². The normalized spacial score (nSPS) is 21.2. The van der Waals surface area contributed by atoms with Crippen molar-refractivity contribution in [2.75, 3.05) is 0 Å². The molecule has 0 saturated heterocycles. The monoisotopic (exact) mass is 742 g/mol. The summed E-state index contributed by atoms with van der Waals surface area (Å²) in [6, 6.07) is 9.57. The van der Waals surface area contributed by atoms with Crippen molar-refractivity contribution in [1.29, 1.82) is 5.26 Å². The van der Waals surface area contributed by atoms with E-state index in [1.807, 2.05) is 24.3 Å². The van der Waals surface area contributed by atoms with Gasteiger partial charge in [0.25, 0.3) is 0 Å². The van der Waals surface area contributed by atoms with Gasteiger partial charge in [-0.25, -0.2) is 4.85 Å². The average Bonchev–Trinajstić information content (AvgIpc) is 3.87. The predicted molar refractivity (Wildman–Crippen MR) is 225 cm³/mol. The van der Waals surface area contributed by atoms with Crippen LogP contribution < -0.4 is 18.1 Å². The molecule has 3 heterocycles. The largest absolute Gasteiger partial charge is 0.526 e. The van der Waals surface area contributed by atoms with Gasteiger partial charge < -0.3 is 0 Å². The van der Waals surface area contributed by atoms with Gasteiger partial charge in [0, 0.05) is 19.2 Å². The van der Waals surface area contributed by atoms with Crippen LogP contribution in [0.15, 0.2) is 47.6 Å². The maximum Gasteiger partial charge on any atom is 0.526 e. The van der Waals surface area contributed by atoms with Crippen molar-refractivity contribution in [2.24, 2.45) is 0 Å². The second-order valence-electron chi connectivity index (χ2n) is 15.0. The summed E-state index contributed by atoms with van der Waals surface area (Å²) in [6.07, 6.45) is 28.0. The van der Waals surface area contributed by atoms with Gasteiger partial charge in [0.15, 0.2) is 0 Å². The molecule has 0 N–H and O–H groups in total. The van der Waals surface area contributed by atoms with E-state index in [0.717, 1.165) is 29.4 Å². The van der Waals surface area contributed by atoms with Crippen LogP contribution in [-0.2, 0) is 6.42 Å². The van der Waals surface area contributed by atoms with Crippen molar-refractivity contribution < 1.29 is 0 Å². The summed E-state index contributed by atoms with van der Waals surface area (Å²) >= 11 is 3.31. The minimum atomic E-state index is -1.95. The summed E-state index contributed by atoms with van der Waals surface area (Å²) in [6.45, 7) is 31.8. The summed E-state index contributed by atoms with van der Waals surface area (Å²) in [5.41, 5.74) is 9.64. The number of unbranched alkanes of at least 4 members (excludes halogenated alkanes) is 9. The third-order valence-electron chi connectivity index (χ3n) is 11.7. The first kappa shape index (κ1) is 39.5. The molecule has 4 nitrogen and oxygen atoms in total. The Morgan fingerprint density at radius 2 is 1.25 bits per heavy atom. The number of hydrogen-bond acceptors (Lipinski definition) is 3. The van der Waals surface area contributed by atoms with Crippen LogP contribution in [0.25, 0.3) is 37.1 Å². The highest BCUT2D eigenvalue weighted by atomic mass is 32.1. The molecule has 52 heavy (non-hydrogen) atoms. The third kappa shape index (κ3) is 8.40. The molecule has 7 heteroatoms. The highest BCUT2D eigenvalue weighted by molar-refractivity contribution is 7.08. The first-order valence-corrected chi connectivity index (χ1v) is 23.9. The minimum Gasteiger partial charge on any atom is -0.238 e. The van der Waals surface area contributed by atoms with Crippen molar-refractivity contribution in [3.05, 3.63) is 106 Å². The van der Waals surface area contributed by atoms with Gasteiger partial charge in [-0.15, -0.1) is 11.3 Å². The van der Waals surface area contributed by atoms with E-state index in [1.165, 1.54) is 126 Å². The van der Waals surface area contributed by atoms with Gasteiger partial charge in [0.1, 0.15) is 17.7 Å². The second kappa shape index (κ2) is 18.9. The van der Waals surface area contributed by atoms with E-state index in [-0.39, 0.29) is 5.82 Å². The Labute approximate surface area is 321 Å². The van der Waals surface area contributed by atoms with E-state index in [2.05, 4.69) is 71.7 Å². The fourth-order valence-corrected chi connectivity index (χ4v) is 18.2. The molecule has 5 rings (SSSR count). The molecule has 0 bridgehead atoms. The molecular weight excluding hydrogens is 689 g/mol. The van der Waals surface area contributed by atoms with E-state index in [4.69, 9.17) is 19.7 Å². The van der Waals surface area contributed by atoms with Crippen LogP contribution in [0.4, 0.5) is 5.69 Å². The summed E-state index contributed by atoms with van der Waals surface area (Å²) in [7, 11) is -1.95. The van der Waals surface area contributed by atoms with E-state index < -0.39 is 8.07 Å². The molecule has 0 aromatic carbocycles. The SMILES string of the molecule is [C-]#[N+]C([N+]#[C-])=c1s/c(=C2/C=CC3=C4C=C/C(=c5\cc(CCCCCC)/c(=C(/C)C#N)s5)CC4[Si](CCCCCC)(CCCCCC)C3C2)cc1[N+]#[C-]. The van der Waals surface area contributed by atoms with Gasteiger partial charge in [0.2, 0.25) is 5.69 Å². The summed E-state index contributed by atoms with van der Waals surface area (Å²) in [5, 5.41) is 9.93. The Hall–Kier alpha value is -3.72. The zero-order valence-electron chi connectivity index (χ0n) is 31.7. The Balaban J connectivity index is 1.66. The molecular formula is C45H54N4S2Si. The van der Waals surface area contributed by atoms with E-state index >= 15 is 0 Å². The minimum absolute atomic E-state index is 0.00419. The Bertz CT molecular complexity index is 2120. The number of fused-ring (bicyclic) bond motifs is 2. The van der Waals surface area contributed by atoms with Crippen molar-refractivity contribution >= 4 is 59.0 Å². The Kier molecular flexibility index (Phi) is 14.3. The molecule has 0 amide bonds. The van der Waals surface area contributed by atoms with Crippen LogP contribution in [0.3, 0.4) is 0 Å². The molecule has 0 fully saturated rings. The quantitative estimate of drug-likeness (QED) is 0.102. The maximum absolute atomic E-state index is 9.93. The highest BCUT2D eigenvalue weighted by Gasteiger charge is 2.55. The Morgan fingerprint density at radius 1 is 0.731 bits per heavy atom. The van der Waals surface area contributed by atoms with Crippen molar-refractivity contribution in [3.8, 4) is 6.07 Å². The predicted octanol–water partition coefficient (Wildman–Crippen LogP) is 11.7. The van der Waals surface area contributed by atoms with Crippen LogP contribution in [0.1, 0.15) is 123 Å². The summed E-state index contributed by atoms with van der Waals surface area (Å²) in [5.74, 6) is 0.00419. The lowest BCUT2D eigenvalue weighted by molar-refractivity contribution is 0.666. The maximum atomic E-state index is 9.93. The molecule has 270 valence electrons. The molecule has 2 aromatic heterocycles. The number of aryl methyl sites for hydroxylation is 1. The van der Waals surface area contributed by atoms with Gasteiger partial charge in [-0.1, -0.05) is 128 Å². The molecule has 2 aromatic rings. The van der Waals surface area contributed by atoms with Gasteiger partial charge in [-0.2, -0.15) is 26.3 Å². The van der Waals surface area contributed by atoms with Crippen LogP contribution in [0.2, 0.25) is 23.2 Å². The zero-order valence-corrected chi connectivity index (χ0v) is 34.4. The smallest absolute Gasteiger partial charge is 0.238 e. The summed E-state index contributed by atoms with van der Waals surface area (Å²) < 4.78 is 4.12. The molecule has 2 atom stereocenters. The van der Waals surface area contributed by atoms with Crippen LogP contribution >= 0.6 is 22.7 Å². The van der Waals surface area contributed by atoms with E-state index in [9.17, 15) is 5.26 Å². The number of hydrogen-bond donors (Lipinski definition) is 0. The number of nitriles is 1. The molecule has 3 aliphatic rings. The van der Waals surface area contributed by atoms with Gasteiger partial charge in [-0.05, 0) is 83.7 Å². The summed E-state index contributed by atoms with van der Waals surface area (Å²) in [4.78, 5) is 10.7. The van der Waals surface area contributed by atoms with Crippen molar-refractivity contribution in [2.45, 2.75) is 147 Å². The van der Waals surface area contributed by atoms with Gasteiger partial charge in [-0.3, -0.25) is 0 Å². The van der Waals surface area contributed by atoms with Crippen molar-refractivity contribution in [1.82, 2.24) is 0 Å². The van der Waals surface area contributed by atoms with Crippen LogP contribution in [-0.4, -0.2) is 8.07 Å². The highest BCUT2D eigenvalue weighted by Crippen LogP contribution is 2.63. The first-order chi connectivity index (χ1) is 25.4. The Morgan fingerprint density at radius 3 is 1.75 bits per heavy atom. The number of nitrogens with zero attached hydrogens (tertiary/aromatic N) is 4. The van der Waals surface area contributed by atoms with E-state index in [0.29, 0.717) is 21.3 Å². The number of thiophene rings is 2. The molecule has 0 radical (unpaired) electrons. The van der Waals surface area contributed by atoms with Crippen LogP contribution in [0.5, 0.6) is 0 Å². The standard InChI is InChI=1S/C45H54N4S2Si/c1-8-11-14-17-20-35-27-39(50-43(35)32(4)31-46)33-21-23-36-37-24-22-34(40-30-38(47-5)44(51-40)45(48-6)49-7)29-42(37)52(41(36)28-33,25-18-15-12-9-2)26-19-16-13-10-3/h21-24,27,30,41-42H,8-20,25-26,28-29H2,1-4H3/b39-33-,40-34-,43-32+. The first-order valence-electron chi connectivity index (χ1n) is 19.7. The molecule has 0 spiro atoms. The fourth-order valence-electron chi connectivity index (χ4n) is 9.01. The van der Waals surface area contributed by atoms with Crippen molar-refractivity contribution in [3.63, 3.8) is 0 Å². The number of rotatable bonds is 15. The molecule has 2 aliphatic carbocycles. The third-order valence-corrected chi connectivity index (χ3v) is 20.7. The molecule has 2 unspecified atom stereocenters. The molecule has 1 aliphatic heterocycles. The second-order valence-corrected chi connectivity index (χ2v) is 22.0. The average molecular weight is 743 g/mol. The lowest BCUT2D eigenvalue weighted by Crippen LogP contribution is -2.43. The molecule has 0 saturated carbocycles. The topological polar surface area (TPSA) is 36.9 Å². The van der Waals surface area contributed by atoms with Crippen LogP contribution in [0, 0.1) is 31.0 Å². The zero-order chi connectivity index (χ0) is 37.1. The van der Waals surface area contributed by atoms with E-state index in [1.54, 1.807) is 11.1 Å². The number of allylic oxidation sites excluding steroid dienone is 6.